The van der Waals surface area contributed by atoms with Crippen molar-refractivity contribution in [2.75, 3.05) is 20.3 Å². The molecule has 0 radical (unpaired) electrons. The third kappa shape index (κ3) is 4.10. The number of aliphatic hydroxyl groups excluding tert-OH is 1. The molecule has 0 aliphatic carbocycles. The maximum Gasteiger partial charge on any atom is 0.123 e. The fourth-order valence-corrected chi connectivity index (χ4v) is 4.04. The average Bonchev–Trinajstić information content (AvgIpc) is 3.23. The number of rotatable bonds is 7. The molecule has 2 heterocycles. The summed E-state index contributed by atoms with van der Waals surface area (Å²) in [4.78, 5) is 7.32. The molecule has 1 aliphatic rings. The zero-order chi connectivity index (χ0) is 16.1. The lowest BCUT2D eigenvalue weighted by atomic mass is 10.1. The van der Waals surface area contributed by atoms with Crippen LogP contribution in [0.2, 0.25) is 0 Å². The Bertz CT molecular complexity index is 629. The van der Waals surface area contributed by atoms with E-state index in [1.54, 1.807) is 18.4 Å². The number of aromatic nitrogens is 1. The van der Waals surface area contributed by atoms with Crippen LogP contribution < -0.4 is 4.74 Å². The number of ether oxygens (including phenoxy) is 1. The molecule has 1 fully saturated rings. The molecule has 23 heavy (non-hydrogen) atoms. The van der Waals surface area contributed by atoms with E-state index in [2.05, 4.69) is 16.3 Å². The summed E-state index contributed by atoms with van der Waals surface area (Å²) >= 11 is 1.69. The molecule has 1 N–H and O–H groups in total. The van der Waals surface area contributed by atoms with Crippen molar-refractivity contribution in [3.8, 4) is 16.3 Å². The first kappa shape index (κ1) is 16.4. The van der Waals surface area contributed by atoms with Crippen molar-refractivity contribution < 1.29 is 9.84 Å². The largest absolute Gasteiger partial charge is 0.497 e. The van der Waals surface area contributed by atoms with E-state index in [-0.39, 0.29) is 0 Å². The van der Waals surface area contributed by atoms with Gasteiger partial charge in [0.1, 0.15) is 10.8 Å². The number of methoxy groups -OCH3 is 1. The van der Waals surface area contributed by atoms with E-state index in [9.17, 15) is 0 Å². The highest BCUT2D eigenvalue weighted by atomic mass is 32.1. The first-order valence-corrected chi connectivity index (χ1v) is 9.12. The Labute approximate surface area is 141 Å². The summed E-state index contributed by atoms with van der Waals surface area (Å²) in [5.41, 5.74) is 2.25. The second-order valence-electron chi connectivity index (χ2n) is 6.01. The second kappa shape index (κ2) is 7.90. The molecule has 0 bridgehead atoms. The quantitative estimate of drug-likeness (QED) is 0.842. The number of nitrogens with zero attached hydrogens (tertiary/aromatic N) is 2. The minimum Gasteiger partial charge on any atom is -0.497 e. The molecule has 0 amide bonds. The third-order valence-corrected chi connectivity index (χ3v) is 5.37. The predicted molar refractivity (Wildman–Crippen MR) is 93.9 cm³/mol. The van der Waals surface area contributed by atoms with E-state index < -0.39 is 0 Å². The van der Waals surface area contributed by atoms with Gasteiger partial charge in [0.2, 0.25) is 0 Å². The standard InChI is InChI=1S/C18H24N2O2S/c1-22-17-8-2-5-14(11-17)18-19-15(13-23-18)12-20-9-3-6-16(20)7-4-10-21/h2,5,8,11,13,16,21H,3-4,6-7,9-10,12H2,1H3. The van der Waals surface area contributed by atoms with Gasteiger partial charge in [-0.1, -0.05) is 12.1 Å². The van der Waals surface area contributed by atoms with Crippen LogP contribution in [0.4, 0.5) is 0 Å². The van der Waals surface area contributed by atoms with Crippen molar-refractivity contribution in [2.24, 2.45) is 0 Å². The molecule has 1 atom stereocenters. The van der Waals surface area contributed by atoms with Crippen LogP contribution in [0.3, 0.4) is 0 Å². The van der Waals surface area contributed by atoms with Crippen LogP contribution >= 0.6 is 11.3 Å². The Morgan fingerprint density at radius 1 is 1.43 bits per heavy atom. The van der Waals surface area contributed by atoms with Gasteiger partial charge in [0.25, 0.3) is 0 Å². The highest BCUT2D eigenvalue weighted by Gasteiger charge is 2.24. The van der Waals surface area contributed by atoms with Crippen LogP contribution in [0, 0.1) is 0 Å². The number of hydrogen-bond donors (Lipinski definition) is 1. The van der Waals surface area contributed by atoms with Gasteiger partial charge in [-0.2, -0.15) is 0 Å². The molecule has 0 saturated carbocycles. The fraction of sp³-hybridized carbons (Fsp3) is 0.500. The van der Waals surface area contributed by atoms with E-state index in [1.165, 1.54) is 12.8 Å². The Kier molecular flexibility index (Phi) is 5.65. The molecule has 4 nitrogen and oxygen atoms in total. The molecule has 3 rings (SSSR count). The van der Waals surface area contributed by atoms with Crippen LogP contribution in [0.5, 0.6) is 5.75 Å². The Morgan fingerprint density at radius 3 is 3.17 bits per heavy atom. The maximum absolute atomic E-state index is 9.04. The van der Waals surface area contributed by atoms with E-state index >= 15 is 0 Å². The van der Waals surface area contributed by atoms with Gasteiger partial charge in [0, 0.05) is 30.1 Å². The summed E-state index contributed by atoms with van der Waals surface area (Å²) in [5.74, 6) is 0.864. The zero-order valence-electron chi connectivity index (χ0n) is 13.6. The van der Waals surface area contributed by atoms with E-state index in [4.69, 9.17) is 14.8 Å². The van der Waals surface area contributed by atoms with Crippen LogP contribution in [-0.2, 0) is 6.54 Å². The molecule has 124 valence electrons. The first-order chi connectivity index (χ1) is 11.3. The van der Waals surface area contributed by atoms with E-state index in [1.807, 2.05) is 18.2 Å². The molecule has 1 aromatic heterocycles. The normalized spacial score (nSPS) is 18.4. The third-order valence-electron chi connectivity index (χ3n) is 4.43. The minimum absolute atomic E-state index is 0.293. The van der Waals surface area contributed by atoms with Crippen molar-refractivity contribution in [3.63, 3.8) is 0 Å². The summed E-state index contributed by atoms with van der Waals surface area (Å²) in [6.45, 7) is 2.35. The number of benzene rings is 1. The monoisotopic (exact) mass is 332 g/mol. The van der Waals surface area contributed by atoms with Gasteiger partial charge in [0.15, 0.2) is 0 Å². The lowest BCUT2D eigenvalue weighted by Crippen LogP contribution is -2.29. The second-order valence-corrected chi connectivity index (χ2v) is 6.87. The maximum atomic E-state index is 9.04. The molecule has 1 aliphatic heterocycles. The van der Waals surface area contributed by atoms with Gasteiger partial charge >= 0.3 is 0 Å². The summed E-state index contributed by atoms with van der Waals surface area (Å²) < 4.78 is 5.29. The molecule has 1 aromatic carbocycles. The summed E-state index contributed by atoms with van der Waals surface area (Å²) in [7, 11) is 1.69. The van der Waals surface area contributed by atoms with Gasteiger partial charge in [-0.25, -0.2) is 4.98 Å². The highest BCUT2D eigenvalue weighted by molar-refractivity contribution is 7.13. The van der Waals surface area contributed by atoms with Crippen molar-refractivity contribution >= 4 is 11.3 Å². The smallest absolute Gasteiger partial charge is 0.123 e. The Morgan fingerprint density at radius 2 is 2.35 bits per heavy atom. The number of likely N-dealkylation sites (tertiary alicyclic amines) is 1. The van der Waals surface area contributed by atoms with Crippen molar-refractivity contribution in [3.05, 3.63) is 35.3 Å². The Hall–Kier alpha value is -1.43. The molecular formula is C18H24N2O2S. The van der Waals surface area contributed by atoms with Crippen molar-refractivity contribution in [2.45, 2.75) is 38.3 Å². The summed E-state index contributed by atoms with van der Waals surface area (Å²) in [6.07, 6.45) is 4.48. The predicted octanol–water partition coefficient (Wildman–Crippen LogP) is 3.56. The number of aliphatic hydroxyl groups is 1. The van der Waals surface area contributed by atoms with Gasteiger partial charge < -0.3 is 9.84 Å². The Balaban J connectivity index is 1.67. The SMILES string of the molecule is COc1cccc(-c2nc(CN3CCCC3CCCO)cs2)c1. The zero-order valence-corrected chi connectivity index (χ0v) is 14.4. The molecule has 5 heteroatoms. The lowest BCUT2D eigenvalue weighted by Gasteiger charge is -2.23. The fourth-order valence-electron chi connectivity index (χ4n) is 3.23. The molecule has 1 unspecified atom stereocenters. The molecule has 1 saturated heterocycles. The van der Waals surface area contributed by atoms with Gasteiger partial charge in [0.05, 0.1) is 12.8 Å². The molecule has 2 aromatic rings. The van der Waals surface area contributed by atoms with Crippen molar-refractivity contribution in [1.29, 1.82) is 0 Å². The molecule has 0 spiro atoms. The minimum atomic E-state index is 0.293. The summed E-state index contributed by atoms with van der Waals surface area (Å²) in [6, 6.07) is 8.66. The number of thiazole rings is 1. The highest BCUT2D eigenvalue weighted by Crippen LogP contribution is 2.29. The molecular weight excluding hydrogens is 308 g/mol. The van der Waals surface area contributed by atoms with E-state index in [0.29, 0.717) is 12.6 Å². The van der Waals surface area contributed by atoms with Crippen LogP contribution in [0.25, 0.3) is 10.6 Å². The number of hydrogen-bond acceptors (Lipinski definition) is 5. The van der Waals surface area contributed by atoms with Crippen LogP contribution in [0.1, 0.15) is 31.4 Å². The van der Waals surface area contributed by atoms with Crippen molar-refractivity contribution in [1.82, 2.24) is 9.88 Å². The summed E-state index contributed by atoms with van der Waals surface area (Å²) in [5, 5.41) is 12.2. The van der Waals surface area contributed by atoms with Gasteiger partial charge in [-0.05, 0) is 44.4 Å². The lowest BCUT2D eigenvalue weighted by molar-refractivity contribution is 0.209. The average molecular weight is 332 g/mol. The topological polar surface area (TPSA) is 45.6 Å². The van der Waals surface area contributed by atoms with Gasteiger partial charge in [-0.15, -0.1) is 11.3 Å². The van der Waals surface area contributed by atoms with Crippen LogP contribution in [0.15, 0.2) is 29.6 Å². The first-order valence-electron chi connectivity index (χ1n) is 8.24. The van der Waals surface area contributed by atoms with Gasteiger partial charge in [-0.3, -0.25) is 4.90 Å². The van der Waals surface area contributed by atoms with Crippen LogP contribution in [-0.4, -0.2) is 41.3 Å². The van der Waals surface area contributed by atoms with E-state index in [0.717, 1.165) is 47.9 Å².